The summed E-state index contributed by atoms with van der Waals surface area (Å²) >= 11 is 0. The van der Waals surface area contributed by atoms with Crippen LogP contribution < -0.4 is 0 Å². The van der Waals surface area contributed by atoms with Gasteiger partial charge < -0.3 is 24.2 Å². The summed E-state index contributed by atoms with van der Waals surface area (Å²) in [7, 11) is 7.31. The summed E-state index contributed by atoms with van der Waals surface area (Å²) in [6.45, 7) is 29.1. The Morgan fingerprint density at radius 3 is 1.73 bits per heavy atom. The number of aliphatic hydroxyl groups is 1. The van der Waals surface area contributed by atoms with Gasteiger partial charge in [0.2, 0.25) is 0 Å². The third-order valence-electron chi connectivity index (χ3n) is 5.50. The van der Waals surface area contributed by atoms with E-state index in [1.54, 1.807) is 27.6 Å². The number of carbonyl (C=O) groups excluding carboxylic acids is 1. The van der Waals surface area contributed by atoms with Crippen molar-refractivity contribution in [1.29, 1.82) is 0 Å². The number of carbonyl (C=O) groups is 1. The second-order valence-corrected chi connectivity index (χ2v) is 13.6. The lowest BCUT2D eigenvalue weighted by Crippen LogP contribution is -2.17. The molecule has 0 spiro atoms. The minimum atomic E-state index is -0.361. The van der Waals surface area contributed by atoms with E-state index in [0.717, 1.165) is 29.7 Å². The molecule has 0 aliphatic heterocycles. The first-order chi connectivity index (χ1) is 20.2. The fraction of sp³-hybridized carbons (Fsp3) is 0.649. The lowest BCUT2D eigenvalue weighted by molar-refractivity contribution is -0.224. The summed E-state index contributed by atoms with van der Waals surface area (Å²) in [5.41, 5.74) is 2.04. The van der Waals surface area contributed by atoms with Crippen molar-refractivity contribution in [3.05, 3.63) is 70.1 Å². The van der Waals surface area contributed by atoms with Gasteiger partial charge in [-0.05, 0) is 46.5 Å². The molecule has 0 aromatic heterocycles. The Morgan fingerprint density at radius 1 is 0.886 bits per heavy atom. The highest BCUT2D eigenvalue weighted by molar-refractivity contribution is 5.98. The number of ketones is 1. The van der Waals surface area contributed by atoms with Gasteiger partial charge in [0.15, 0.2) is 5.78 Å². The lowest BCUT2D eigenvalue weighted by atomic mass is 9.82. The number of hydrogen-bond acceptors (Lipinski definition) is 7. The van der Waals surface area contributed by atoms with Crippen molar-refractivity contribution in [2.45, 2.75) is 103 Å². The summed E-state index contributed by atoms with van der Waals surface area (Å²) in [5.74, 6) is 2.69. The maximum Gasteiger partial charge on any atom is 0.163 e. The molecule has 7 nitrogen and oxygen atoms in total. The molecule has 0 amide bonds. The largest absolute Gasteiger partial charge is 0.496 e. The molecule has 0 fully saturated rings. The van der Waals surface area contributed by atoms with Crippen LogP contribution in [0.15, 0.2) is 70.1 Å². The molecular weight excluding hydrogens is 556 g/mol. The smallest absolute Gasteiger partial charge is 0.163 e. The Bertz CT molecular complexity index is 1030. The standard InChI is InChI=1S/C30H46O6.C4H10.C2H6.CH4O/c1-28(2,3)18-26(33-11)21(27(34-12)23(19-36-35-13)30(7,8)9)16-20-17-22(29(4,5)6)24(31)14-15-25(20)32-10;1-4(2)3;2*1-2/h15-19H,14H2,1-13H3;4H,1-3H3;1-2H3;2H,1H3/b20-16-,23-19+,26-18-,27-21-;;;. The molecule has 0 heterocycles. The number of methoxy groups -OCH3 is 3. The van der Waals surface area contributed by atoms with Crippen LogP contribution in [-0.2, 0) is 28.8 Å². The van der Waals surface area contributed by atoms with E-state index in [-0.39, 0.29) is 28.4 Å². The van der Waals surface area contributed by atoms with Crippen molar-refractivity contribution >= 4 is 5.78 Å². The Morgan fingerprint density at radius 2 is 1.39 bits per heavy atom. The summed E-state index contributed by atoms with van der Waals surface area (Å²) < 4.78 is 17.7. The minimum Gasteiger partial charge on any atom is -0.496 e. The van der Waals surface area contributed by atoms with E-state index in [9.17, 15) is 4.79 Å². The SMILES string of the molecule is CC.CC(C)C.CO.COO\C=C(/C(OC)=C(\C=C1\C=C(C(C)(C)C)C(=O)CC=C1OC)C(=C/C(C)(C)C)/OC)C(C)(C)C. The van der Waals surface area contributed by atoms with Crippen molar-refractivity contribution < 1.29 is 33.9 Å². The monoisotopic (exact) mass is 622 g/mol. The van der Waals surface area contributed by atoms with Crippen LogP contribution in [-0.4, -0.2) is 46.4 Å². The third-order valence-corrected chi connectivity index (χ3v) is 5.50. The average Bonchev–Trinajstić information content (AvgIpc) is 3.07. The second-order valence-electron chi connectivity index (χ2n) is 13.6. The van der Waals surface area contributed by atoms with Crippen LogP contribution in [0.5, 0.6) is 0 Å². The molecule has 0 atom stereocenters. The normalized spacial score (nSPS) is 16.0. The Labute approximate surface area is 270 Å². The van der Waals surface area contributed by atoms with Gasteiger partial charge in [0.25, 0.3) is 0 Å². The van der Waals surface area contributed by atoms with Crippen LogP contribution in [0, 0.1) is 22.2 Å². The van der Waals surface area contributed by atoms with Gasteiger partial charge in [-0.2, -0.15) is 4.89 Å². The van der Waals surface area contributed by atoms with Crippen LogP contribution in [0.3, 0.4) is 0 Å². The van der Waals surface area contributed by atoms with Crippen molar-refractivity contribution in [2.75, 3.05) is 35.5 Å². The first-order valence-corrected chi connectivity index (χ1v) is 15.4. The molecule has 0 unspecified atom stereocenters. The molecule has 1 N–H and O–H groups in total. The van der Waals surface area contributed by atoms with Gasteiger partial charge in [-0.15, -0.1) is 0 Å². The number of allylic oxidation sites excluding steroid dienone is 6. The van der Waals surface area contributed by atoms with Gasteiger partial charge in [0.1, 0.15) is 23.5 Å². The molecule has 44 heavy (non-hydrogen) atoms. The summed E-state index contributed by atoms with van der Waals surface area (Å²) in [6.07, 6.45) is 9.54. The zero-order valence-electron chi connectivity index (χ0n) is 31.6. The van der Waals surface area contributed by atoms with E-state index in [4.69, 9.17) is 29.1 Å². The lowest BCUT2D eigenvalue weighted by Gasteiger charge is -2.27. The fourth-order valence-electron chi connectivity index (χ4n) is 3.75. The molecule has 1 aliphatic rings. The molecule has 0 aromatic rings. The maximum absolute atomic E-state index is 13.0. The molecule has 0 saturated heterocycles. The van der Waals surface area contributed by atoms with Gasteiger partial charge in [-0.3, -0.25) is 4.79 Å². The zero-order valence-corrected chi connectivity index (χ0v) is 31.6. The topological polar surface area (TPSA) is 83.5 Å². The highest BCUT2D eigenvalue weighted by atomic mass is 17.2. The van der Waals surface area contributed by atoms with Crippen molar-refractivity contribution in [2.24, 2.45) is 22.2 Å². The molecule has 1 rings (SSSR count). The summed E-state index contributed by atoms with van der Waals surface area (Å²) in [6, 6.07) is 0. The van der Waals surface area contributed by atoms with Crippen molar-refractivity contribution in [3.63, 3.8) is 0 Å². The van der Waals surface area contributed by atoms with Crippen LogP contribution in [0.2, 0.25) is 0 Å². The Kier molecular flexibility index (Phi) is 22.7. The highest BCUT2D eigenvalue weighted by Gasteiger charge is 2.30. The first kappa shape index (κ1) is 45.7. The average molecular weight is 623 g/mol. The van der Waals surface area contributed by atoms with Gasteiger partial charge in [-0.1, -0.05) is 96.9 Å². The van der Waals surface area contributed by atoms with E-state index in [1.807, 2.05) is 58.9 Å². The third kappa shape index (κ3) is 17.5. The Balaban J connectivity index is -0.00000190. The van der Waals surface area contributed by atoms with E-state index >= 15 is 0 Å². The van der Waals surface area contributed by atoms with E-state index in [0.29, 0.717) is 22.9 Å². The molecular formula is C37H66O7. The molecule has 0 saturated carbocycles. The summed E-state index contributed by atoms with van der Waals surface area (Å²) in [4.78, 5) is 23.1. The predicted octanol–water partition coefficient (Wildman–Crippen LogP) is 9.67. The van der Waals surface area contributed by atoms with Crippen molar-refractivity contribution in [3.8, 4) is 0 Å². The van der Waals surface area contributed by atoms with Crippen LogP contribution in [0.25, 0.3) is 0 Å². The number of Topliss-reactive ketones (excluding diaryl/α,β-unsaturated/α-hetero) is 1. The van der Waals surface area contributed by atoms with Crippen molar-refractivity contribution in [1.82, 2.24) is 0 Å². The molecule has 0 bridgehead atoms. The van der Waals surface area contributed by atoms with E-state index < -0.39 is 0 Å². The number of aliphatic hydroxyl groups excluding tert-OH is 1. The quantitative estimate of drug-likeness (QED) is 0.125. The van der Waals surface area contributed by atoms with E-state index in [2.05, 4.69) is 62.3 Å². The predicted molar refractivity (Wildman–Crippen MR) is 185 cm³/mol. The van der Waals surface area contributed by atoms with Gasteiger partial charge >= 0.3 is 0 Å². The molecule has 256 valence electrons. The zero-order chi connectivity index (χ0) is 35.5. The number of rotatable bonds is 8. The first-order valence-electron chi connectivity index (χ1n) is 15.4. The number of ether oxygens (including phenoxy) is 3. The number of hydrogen-bond donors (Lipinski definition) is 1. The molecule has 1 aliphatic carbocycles. The maximum atomic E-state index is 13.0. The van der Waals surface area contributed by atoms with Crippen LogP contribution >= 0.6 is 0 Å². The highest BCUT2D eigenvalue weighted by Crippen LogP contribution is 2.39. The fourth-order valence-corrected chi connectivity index (χ4v) is 3.75. The minimum absolute atomic E-state index is 0.0684. The molecule has 0 aromatic carbocycles. The Hall–Kier alpha value is -2.77. The van der Waals surface area contributed by atoms with E-state index in [1.165, 1.54) is 7.11 Å². The summed E-state index contributed by atoms with van der Waals surface area (Å²) in [5, 5.41) is 7.00. The molecule has 0 radical (unpaired) electrons. The molecule has 7 heteroatoms. The van der Waals surface area contributed by atoms with Gasteiger partial charge in [-0.25, -0.2) is 0 Å². The van der Waals surface area contributed by atoms with Crippen LogP contribution in [0.1, 0.15) is 103 Å². The second kappa shape index (κ2) is 21.9. The van der Waals surface area contributed by atoms with Crippen LogP contribution in [0.4, 0.5) is 0 Å². The van der Waals surface area contributed by atoms with Gasteiger partial charge in [0.05, 0.1) is 34.0 Å². The van der Waals surface area contributed by atoms with Gasteiger partial charge in [0, 0.05) is 30.2 Å².